The van der Waals surface area contributed by atoms with E-state index in [0.717, 1.165) is 25.1 Å². The van der Waals surface area contributed by atoms with Crippen molar-refractivity contribution in [3.05, 3.63) is 83.7 Å². The van der Waals surface area contributed by atoms with Crippen LogP contribution in [0, 0.1) is 5.82 Å². The zero-order chi connectivity index (χ0) is 14.5. The summed E-state index contributed by atoms with van der Waals surface area (Å²) < 4.78 is 13.1. The first kappa shape index (κ1) is 13.8. The number of hydrogen-bond acceptors (Lipinski definition) is 1. The maximum Gasteiger partial charge on any atom is 0.123 e. The molecule has 2 heteroatoms. The SMILES string of the molecule is Fc1cccc(CCNCc2cccc3ccccc23)c1. The molecule has 1 N–H and O–H groups in total. The summed E-state index contributed by atoms with van der Waals surface area (Å²) in [5, 5.41) is 6.00. The molecule has 3 aromatic carbocycles. The summed E-state index contributed by atoms with van der Waals surface area (Å²) in [5.41, 5.74) is 2.33. The fourth-order valence-corrected chi connectivity index (χ4v) is 2.59. The molecular formula is C19H18FN. The Kier molecular flexibility index (Phi) is 4.27. The van der Waals surface area contributed by atoms with Crippen LogP contribution in [0.2, 0.25) is 0 Å². The van der Waals surface area contributed by atoms with E-state index >= 15 is 0 Å². The molecule has 0 unspecified atom stereocenters. The van der Waals surface area contributed by atoms with Crippen molar-refractivity contribution in [3.63, 3.8) is 0 Å². The predicted molar refractivity (Wildman–Crippen MR) is 85.8 cm³/mol. The fourth-order valence-electron chi connectivity index (χ4n) is 2.59. The van der Waals surface area contributed by atoms with Crippen molar-refractivity contribution >= 4 is 10.8 Å². The standard InChI is InChI=1S/C19H18FN/c20-18-9-3-5-15(13-18)11-12-21-14-17-8-4-7-16-6-1-2-10-19(16)17/h1-10,13,21H,11-12,14H2. The van der Waals surface area contributed by atoms with Crippen molar-refractivity contribution in [2.75, 3.05) is 6.54 Å². The van der Waals surface area contributed by atoms with Gasteiger partial charge in [0, 0.05) is 6.54 Å². The van der Waals surface area contributed by atoms with Crippen LogP contribution in [0.1, 0.15) is 11.1 Å². The van der Waals surface area contributed by atoms with Crippen molar-refractivity contribution in [1.29, 1.82) is 0 Å². The van der Waals surface area contributed by atoms with Gasteiger partial charge in [0.05, 0.1) is 0 Å². The Bertz CT molecular complexity index is 731. The first-order chi connectivity index (χ1) is 10.3. The van der Waals surface area contributed by atoms with Crippen LogP contribution in [0.25, 0.3) is 10.8 Å². The average molecular weight is 279 g/mol. The largest absolute Gasteiger partial charge is 0.312 e. The van der Waals surface area contributed by atoms with Crippen LogP contribution < -0.4 is 5.32 Å². The molecule has 0 saturated carbocycles. The van der Waals surface area contributed by atoms with Gasteiger partial charge < -0.3 is 5.32 Å². The second-order valence-corrected chi connectivity index (χ2v) is 5.19. The number of halogens is 1. The molecule has 0 bridgehead atoms. The molecule has 0 aliphatic carbocycles. The second-order valence-electron chi connectivity index (χ2n) is 5.19. The lowest BCUT2D eigenvalue weighted by Gasteiger charge is -2.08. The summed E-state index contributed by atoms with van der Waals surface area (Å²) in [7, 11) is 0. The summed E-state index contributed by atoms with van der Waals surface area (Å²) in [6.45, 7) is 1.67. The number of benzene rings is 3. The van der Waals surface area contributed by atoms with E-state index in [2.05, 4.69) is 47.8 Å². The molecule has 21 heavy (non-hydrogen) atoms. The molecule has 0 amide bonds. The van der Waals surface area contributed by atoms with E-state index in [1.54, 1.807) is 12.1 Å². The van der Waals surface area contributed by atoms with E-state index in [9.17, 15) is 4.39 Å². The number of hydrogen-bond donors (Lipinski definition) is 1. The minimum Gasteiger partial charge on any atom is -0.312 e. The molecular weight excluding hydrogens is 261 g/mol. The Morgan fingerprint density at radius 1 is 0.857 bits per heavy atom. The van der Waals surface area contributed by atoms with E-state index in [0.29, 0.717) is 0 Å². The molecule has 106 valence electrons. The van der Waals surface area contributed by atoms with Gasteiger partial charge in [0.1, 0.15) is 5.82 Å². The zero-order valence-electron chi connectivity index (χ0n) is 11.9. The van der Waals surface area contributed by atoms with Gasteiger partial charge in [0.2, 0.25) is 0 Å². The summed E-state index contributed by atoms with van der Waals surface area (Å²) in [4.78, 5) is 0. The van der Waals surface area contributed by atoms with Crippen molar-refractivity contribution in [2.45, 2.75) is 13.0 Å². The van der Waals surface area contributed by atoms with Crippen LogP contribution in [-0.2, 0) is 13.0 Å². The van der Waals surface area contributed by atoms with Crippen molar-refractivity contribution in [1.82, 2.24) is 5.32 Å². The van der Waals surface area contributed by atoms with E-state index in [4.69, 9.17) is 0 Å². The lowest BCUT2D eigenvalue weighted by atomic mass is 10.0. The van der Waals surface area contributed by atoms with Gasteiger partial charge in [0.25, 0.3) is 0 Å². The molecule has 3 aromatic rings. The topological polar surface area (TPSA) is 12.0 Å². The summed E-state index contributed by atoms with van der Waals surface area (Å²) in [6.07, 6.45) is 0.836. The Morgan fingerprint density at radius 3 is 2.57 bits per heavy atom. The molecule has 0 aliphatic heterocycles. The number of fused-ring (bicyclic) bond motifs is 1. The van der Waals surface area contributed by atoms with Crippen LogP contribution in [0.3, 0.4) is 0 Å². The summed E-state index contributed by atoms with van der Waals surface area (Å²) >= 11 is 0. The Hall–Kier alpha value is -2.19. The first-order valence-electron chi connectivity index (χ1n) is 7.25. The van der Waals surface area contributed by atoms with E-state index in [-0.39, 0.29) is 5.82 Å². The number of nitrogens with one attached hydrogen (secondary N) is 1. The maximum absolute atomic E-state index is 13.1. The molecule has 0 aliphatic rings. The third kappa shape index (κ3) is 3.47. The predicted octanol–water partition coefficient (Wildman–Crippen LogP) is 4.31. The van der Waals surface area contributed by atoms with Crippen molar-refractivity contribution < 1.29 is 4.39 Å². The van der Waals surface area contributed by atoms with Gasteiger partial charge >= 0.3 is 0 Å². The number of rotatable bonds is 5. The van der Waals surface area contributed by atoms with Crippen molar-refractivity contribution in [2.24, 2.45) is 0 Å². The molecule has 0 atom stereocenters. The van der Waals surface area contributed by atoms with Gasteiger partial charge in [-0.3, -0.25) is 0 Å². The molecule has 0 fully saturated rings. The minimum absolute atomic E-state index is 0.165. The molecule has 1 nitrogen and oxygen atoms in total. The van der Waals surface area contributed by atoms with Crippen LogP contribution in [-0.4, -0.2) is 6.54 Å². The average Bonchev–Trinajstić information content (AvgIpc) is 2.52. The highest BCUT2D eigenvalue weighted by Crippen LogP contribution is 2.18. The van der Waals surface area contributed by atoms with Crippen LogP contribution in [0.4, 0.5) is 4.39 Å². The highest BCUT2D eigenvalue weighted by Gasteiger charge is 2.00. The van der Waals surface area contributed by atoms with Crippen molar-refractivity contribution in [3.8, 4) is 0 Å². The smallest absolute Gasteiger partial charge is 0.123 e. The van der Waals surface area contributed by atoms with E-state index in [1.807, 2.05) is 6.07 Å². The molecule has 0 radical (unpaired) electrons. The lowest BCUT2D eigenvalue weighted by Crippen LogP contribution is -2.16. The van der Waals surface area contributed by atoms with E-state index < -0.39 is 0 Å². The summed E-state index contributed by atoms with van der Waals surface area (Å²) in [6, 6.07) is 21.6. The Morgan fingerprint density at radius 2 is 1.67 bits per heavy atom. The minimum atomic E-state index is -0.165. The van der Waals surface area contributed by atoms with E-state index in [1.165, 1.54) is 22.4 Å². The highest BCUT2D eigenvalue weighted by molar-refractivity contribution is 5.85. The Labute approximate surface area is 124 Å². The molecule has 0 heterocycles. The normalized spacial score (nSPS) is 10.9. The van der Waals surface area contributed by atoms with Gasteiger partial charge in [-0.15, -0.1) is 0 Å². The monoisotopic (exact) mass is 279 g/mol. The molecule has 0 spiro atoms. The van der Waals surface area contributed by atoms with Crippen LogP contribution >= 0.6 is 0 Å². The third-order valence-corrected chi connectivity index (χ3v) is 3.67. The second kappa shape index (κ2) is 6.51. The fraction of sp³-hybridized carbons (Fsp3) is 0.158. The highest BCUT2D eigenvalue weighted by atomic mass is 19.1. The molecule has 3 rings (SSSR count). The third-order valence-electron chi connectivity index (χ3n) is 3.67. The molecule has 0 saturated heterocycles. The quantitative estimate of drug-likeness (QED) is 0.686. The Balaban J connectivity index is 1.60. The van der Waals surface area contributed by atoms with Gasteiger partial charge in [-0.25, -0.2) is 4.39 Å². The summed E-state index contributed by atoms with van der Waals surface area (Å²) in [5.74, 6) is -0.165. The van der Waals surface area contributed by atoms with Gasteiger partial charge in [-0.2, -0.15) is 0 Å². The van der Waals surface area contributed by atoms with Gasteiger partial charge in [0.15, 0.2) is 0 Å². The van der Waals surface area contributed by atoms with Gasteiger partial charge in [-0.05, 0) is 47.0 Å². The maximum atomic E-state index is 13.1. The molecule has 0 aromatic heterocycles. The van der Waals surface area contributed by atoms with Gasteiger partial charge in [-0.1, -0.05) is 54.6 Å². The lowest BCUT2D eigenvalue weighted by molar-refractivity contribution is 0.622. The first-order valence-corrected chi connectivity index (χ1v) is 7.25. The zero-order valence-corrected chi connectivity index (χ0v) is 11.9. The van der Waals surface area contributed by atoms with Crippen LogP contribution in [0.5, 0.6) is 0 Å². The van der Waals surface area contributed by atoms with Crippen LogP contribution in [0.15, 0.2) is 66.7 Å².